The molecule has 0 aliphatic rings. The molecule has 0 spiro atoms. The Labute approximate surface area is 617 Å². The first-order chi connectivity index (χ1) is 43.9. The summed E-state index contributed by atoms with van der Waals surface area (Å²) in [4.78, 5) is 22.5. The molecule has 7 nitrogen and oxygen atoms in total. The first-order valence-corrected chi connectivity index (χ1v) is 29.2. The number of nitrogen functional groups attached to an aromatic ring is 1. The summed E-state index contributed by atoms with van der Waals surface area (Å²) in [5, 5.41) is 5.43. The number of aryl methyl sites for hydroxylation is 1. The van der Waals surface area contributed by atoms with Crippen molar-refractivity contribution in [1.29, 1.82) is 0 Å². The average molecular weight is 2120 g/mol. The van der Waals surface area contributed by atoms with Crippen LogP contribution in [0.1, 0.15) is 29.7 Å². The van der Waals surface area contributed by atoms with Gasteiger partial charge in [0.2, 0.25) is 0 Å². The Morgan fingerprint density at radius 3 is 0.819 bits per heavy atom. The van der Waals surface area contributed by atoms with Gasteiger partial charge in [0.25, 0.3) is 0 Å². The number of fused-ring (bicyclic) bond motifs is 5. The monoisotopic (exact) mass is 2130 g/mol. The molecule has 0 saturated carbocycles. The zero-order valence-electron chi connectivity index (χ0n) is 50.6. The molecule has 3 radical (unpaired) electrons. The van der Waals surface area contributed by atoms with Gasteiger partial charge >= 0.3 is 0 Å². The van der Waals surface area contributed by atoms with Crippen molar-refractivity contribution in [2.24, 2.45) is 5.73 Å². The van der Waals surface area contributed by atoms with E-state index in [9.17, 15) is 8.78 Å². The van der Waals surface area contributed by atoms with E-state index in [0.29, 0.717) is 23.8 Å². The quantitative estimate of drug-likeness (QED) is 0.138. The minimum Gasteiger partial charge on any atom is -0.384 e. The molecule has 14 heteroatoms. The fourth-order valence-corrected chi connectivity index (χ4v) is 10.3. The Bertz CT molecular complexity index is 4330. The van der Waals surface area contributed by atoms with Crippen molar-refractivity contribution in [2.45, 2.75) is 33.2 Å². The molecule has 481 valence electrons. The van der Waals surface area contributed by atoms with E-state index in [1.165, 1.54) is 5.39 Å². The summed E-state index contributed by atoms with van der Waals surface area (Å²) < 4.78 is 25.4. The van der Waals surface area contributed by atoms with Gasteiger partial charge < -0.3 is 11.5 Å². The van der Waals surface area contributed by atoms with Crippen LogP contribution in [-0.2, 0) is 129 Å². The van der Waals surface area contributed by atoms with Gasteiger partial charge in [0.05, 0.1) is 17.1 Å². The van der Waals surface area contributed by atoms with E-state index in [1.54, 1.807) is 12.1 Å². The Morgan fingerprint density at radius 2 is 0.553 bits per heavy atom. The molecule has 10 aromatic carbocycles. The number of aromatic nitrogens is 5. The van der Waals surface area contributed by atoms with Crippen LogP contribution in [0.5, 0.6) is 0 Å². The van der Waals surface area contributed by atoms with E-state index in [2.05, 4.69) is 112 Å². The number of benzene rings is 10. The van der Waals surface area contributed by atoms with Crippen LogP contribution in [0.4, 0.5) is 14.6 Å². The predicted octanol–water partition coefficient (Wildman–Crippen LogP) is 19.0. The van der Waals surface area contributed by atoms with E-state index in [-0.39, 0.29) is 102 Å². The second kappa shape index (κ2) is 37.9. The second-order valence-electron chi connectivity index (χ2n) is 20.5. The summed E-state index contributed by atoms with van der Waals surface area (Å²) in [7, 11) is 0. The third-order valence-electron chi connectivity index (χ3n) is 14.7. The maximum absolute atomic E-state index is 12.7. The third-order valence-corrected chi connectivity index (χ3v) is 14.7. The summed E-state index contributed by atoms with van der Waals surface area (Å²) in [5.41, 5.74) is 29.5. The van der Waals surface area contributed by atoms with Crippen LogP contribution in [-0.4, -0.2) is 24.9 Å². The van der Waals surface area contributed by atoms with Crippen LogP contribution in [0.3, 0.4) is 0 Å². The molecule has 94 heavy (non-hydrogen) atoms. The van der Waals surface area contributed by atoms with Gasteiger partial charge in [0.1, 0.15) is 19.2 Å². The summed E-state index contributed by atoms with van der Waals surface area (Å²) in [6.07, 6.45) is 0.961. The van der Waals surface area contributed by atoms with Crippen LogP contribution in [0.2, 0.25) is 0 Å². The summed E-state index contributed by atoms with van der Waals surface area (Å²) in [5.74, 6) is 0.542. The van der Waals surface area contributed by atoms with Crippen LogP contribution in [0.25, 0.3) is 110 Å². The molecular weight excluding hydrogens is 2060 g/mol. The number of nitrogens with two attached hydrogens (primary N) is 2. The van der Waals surface area contributed by atoms with Crippen LogP contribution in [0.15, 0.2) is 273 Å². The van der Waals surface area contributed by atoms with Crippen molar-refractivity contribution in [3.63, 3.8) is 0 Å². The number of pyridine rings is 5. The molecule has 15 rings (SSSR count). The first kappa shape index (κ1) is 75.2. The Morgan fingerprint density at radius 1 is 0.298 bits per heavy atom. The number of nitrogens with zero attached hydrogens (tertiary/aromatic N) is 5. The van der Waals surface area contributed by atoms with Crippen LogP contribution >= 0.6 is 0 Å². The van der Waals surface area contributed by atoms with Gasteiger partial charge in [-0.25, -0.2) is 13.8 Å². The fourth-order valence-electron chi connectivity index (χ4n) is 10.3. The number of hydrogen-bond acceptors (Lipinski definition) is 7. The van der Waals surface area contributed by atoms with Crippen LogP contribution < -0.4 is 11.5 Å². The zero-order valence-corrected chi connectivity index (χ0v) is 62.3. The molecule has 0 unspecified atom stereocenters. The normalized spacial score (nSPS) is 10.1. The van der Waals surface area contributed by atoms with Crippen molar-refractivity contribution in [3.05, 3.63) is 326 Å². The minimum absolute atomic E-state index is 0. The molecule has 15 aromatic rings. The molecule has 4 N–H and O–H groups in total. The number of anilines is 1. The zero-order chi connectivity index (χ0) is 61.2. The SMILES string of the molecule is CCc1ccc2cccc(-c3[c-]cccc3)c2n1.FCc1ccc2cccc(-c3[c-]cccc3)c2n1.FCc1ccc2cccc(-c3[c-]cccc3)c2n1.NCc1ccc2cccc(-c3[c-]cccc3)c2n1.Nc1ccc2cccc(-c3[c-]cccc3)c2n1.[Ir].[Ir].[Ir].[Pt].[Pt]. The van der Waals surface area contributed by atoms with Gasteiger partial charge in [-0.15, -0.1) is 179 Å². The smallest absolute Gasteiger partial charge is 0.131 e. The number of para-hydroxylation sites is 5. The number of hydrogen-bond donors (Lipinski definition) is 2. The molecule has 0 atom stereocenters. The number of rotatable bonds is 9. The van der Waals surface area contributed by atoms with Gasteiger partial charge in [0, 0.05) is 142 Å². The van der Waals surface area contributed by atoms with E-state index in [0.717, 1.165) is 123 Å². The van der Waals surface area contributed by atoms with Gasteiger partial charge in [-0.2, -0.15) is 0 Å². The van der Waals surface area contributed by atoms with Gasteiger partial charge in [-0.1, -0.05) is 150 Å². The molecule has 0 fully saturated rings. The summed E-state index contributed by atoms with van der Waals surface area (Å²) >= 11 is 0. The molecule has 5 aromatic heterocycles. The minimum atomic E-state index is -0.539. The molecule has 0 bridgehead atoms. The van der Waals surface area contributed by atoms with E-state index in [1.807, 2.05) is 206 Å². The van der Waals surface area contributed by atoms with Crippen LogP contribution in [0, 0.1) is 30.3 Å². The van der Waals surface area contributed by atoms with Crippen molar-refractivity contribution < 1.29 is 111 Å². The molecular formula is C80H60F2Ir3N7Pt2-5. The topological polar surface area (TPSA) is 116 Å². The van der Waals surface area contributed by atoms with E-state index < -0.39 is 13.3 Å². The Hall–Kier alpha value is -7.81. The second-order valence-corrected chi connectivity index (χ2v) is 20.5. The number of alkyl halides is 2. The average Bonchev–Trinajstić information content (AvgIpc) is 0.891. The molecule has 0 saturated heterocycles. The molecule has 5 heterocycles. The van der Waals surface area contributed by atoms with Crippen molar-refractivity contribution in [1.82, 2.24) is 24.9 Å². The standard InChI is InChI=1S/C17H14N.2C16H11FN.C16H13N2.C15H11N2.3Ir.2Pt/c1-2-15-12-11-14-9-6-10-16(17(14)18-15)13-7-4-3-5-8-13;3*17-11-14-10-9-13-7-4-8-15(16(13)18-14)12-5-2-1-3-6-12;16-14-10-9-12-7-4-8-13(15(12)17-14)11-5-2-1-3-6-11;;;;;/h3-7,9-12H,2H2,1H3;2*1-5,7-10H,11H2;1-5,7-10H,11,17H2;1-5,7-10H,(H2,16,17);;;;;/q5*-1;;;;;. The van der Waals surface area contributed by atoms with Crippen molar-refractivity contribution in [3.8, 4) is 55.6 Å². The van der Waals surface area contributed by atoms with Gasteiger partial charge in [0.15, 0.2) is 0 Å². The van der Waals surface area contributed by atoms with E-state index >= 15 is 0 Å². The Balaban J connectivity index is 0.000000184. The maximum atomic E-state index is 12.7. The predicted molar refractivity (Wildman–Crippen MR) is 361 cm³/mol. The first-order valence-electron chi connectivity index (χ1n) is 29.2. The van der Waals surface area contributed by atoms with E-state index in [4.69, 9.17) is 16.5 Å². The van der Waals surface area contributed by atoms with Gasteiger partial charge in [-0.05, 0) is 69.8 Å². The van der Waals surface area contributed by atoms with Crippen molar-refractivity contribution >= 4 is 60.3 Å². The largest absolute Gasteiger partial charge is 0.384 e. The molecule has 0 amide bonds. The maximum Gasteiger partial charge on any atom is 0.131 e. The van der Waals surface area contributed by atoms with Crippen molar-refractivity contribution in [2.75, 3.05) is 5.73 Å². The molecule has 0 aliphatic heterocycles. The molecule has 0 aliphatic carbocycles. The third kappa shape index (κ3) is 19.0. The fraction of sp³-hybridized carbons (Fsp3) is 0.0625. The summed E-state index contributed by atoms with van der Waals surface area (Å²) in [6.45, 7) is 1.51. The van der Waals surface area contributed by atoms with Gasteiger partial charge in [-0.3, -0.25) is 19.9 Å². The summed E-state index contributed by atoms with van der Waals surface area (Å²) in [6, 6.07) is 105. The number of halogens is 2. The Kier molecular flexibility index (Phi) is 30.3.